The van der Waals surface area contributed by atoms with Crippen LogP contribution in [0.5, 0.6) is 5.88 Å². The SMILES string of the molecule is NC(=O)COc1ccc(-c2cc(C(=O)NC[C@H]3CC[C@H](CNC(=O)O)CC3)c3ccccc3n2)cn1. The number of ether oxygens (including phenoxy) is 1. The van der Waals surface area contributed by atoms with E-state index >= 15 is 0 Å². The van der Waals surface area contributed by atoms with E-state index in [4.69, 9.17) is 20.6 Å². The number of primary amides is 1. The number of nitrogens with one attached hydrogen (secondary N) is 2. The van der Waals surface area contributed by atoms with Gasteiger partial charge in [0.05, 0.1) is 16.8 Å². The topological polar surface area (TPSA) is 157 Å². The monoisotopic (exact) mass is 491 g/mol. The number of aromatic nitrogens is 2. The molecule has 3 amide bonds. The van der Waals surface area contributed by atoms with Crippen molar-refractivity contribution >= 4 is 28.8 Å². The van der Waals surface area contributed by atoms with Crippen molar-refractivity contribution in [2.24, 2.45) is 17.6 Å². The molecule has 3 aromatic rings. The molecule has 188 valence electrons. The molecule has 0 radical (unpaired) electrons. The first-order valence-electron chi connectivity index (χ1n) is 11.9. The molecule has 1 aliphatic carbocycles. The molecule has 0 saturated heterocycles. The number of carboxylic acid groups (broad SMARTS) is 1. The summed E-state index contributed by atoms with van der Waals surface area (Å²) >= 11 is 0. The van der Waals surface area contributed by atoms with E-state index in [9.17, 15) is 14.4 Å². The summed E-state index contributed by atoms with van der Waals surface area (Å²) in [5, 5.41) is 15.1. The largest absolute Gasteiger partial charge is 0.468 e. The Morgan fingerprint density at radius 2 is 1.69 bits per heavy atom. The van der Waals surface area contributed by atoms with E-state index in [1.54, 1.807) is 24.4 Å². The molecular formula is C26H29N5O5. The minimum Gasteiger partial charge on any atom is -0.468 e. The zero-order valence-corrected chi connectivity index (χ0v) is 19.8. The number of amides is 3. The van der Waals surface area contributed by atoms with Crippen LogP contribution >= 0.6 is 0 Å². The second-order valence-corrected chi connectivity index (χ2v) is 9.00. The van der Waals surface area contributed by atoms with Crippen LogP contribution in [0.4, 0.5) is 4.79 Å². The number of hydrogen-bond acceptors (Lipinski definition) is 6. The molecule has 1 saturated carbocycles. The lowest BCUT2D eigenvalue weighted by Gasteiger charge is -2.28. The summed E-state index contributed by atoms with van der Waals surface area (Å²) in [4.78, 5) is 43.7. The van der Waals surface area contributed by atoms with E-state index in [-0.39, 0.29) is 18.4 Å². The van der Waals surface area contributed by atoms with Gasteiger partial charge in [0.1, 0.15) is 0 Å². The summed E-state index contributed by atoms with van der Waals surface area (Å²) in [6.45, 7) is 0.788. The van der Waals surface area contributed by atoms with Crippen LogP contribution in [-0.2, 0) is 4.79 Å². The third-order valence-corrected chi connectivity index (χ3v) is 6.41. The minimum atomic E-state index is -0.989. The molecule has 0 unspecified atom stereocenters. The zero-order valence-electron chi connectivity index (χ0n) is 19.8. The highest BCUT2D eigenvalue weighted by molar-refractivity contribution is 6.07. The predicted octanol–water partition coefficient (Wildman–Crippen LogP) is 2.96. The molecule has 2 aromatic heterocycles. The molecule has 10 heteroatoms. The first-order chi connectivity index (χ1) is 17.4. The van der Waals surface area contributed by atoms with Crippen LogP contribution < -0.4 is 21.1 Å². The van der Waals surface area contributed by atoms with Crippen LogP contribution in [0.1, 0.15) is 36.0 Å². The van der Waals surface area contributed by atoms with E-state index in [0.717, 1.165) is 31.1 Å². The molecule has 1 aliphatic rings. The molecule has 0 bridgehead atoms. The molecule has 1 fully saturated rings. The number of carbonyl (C=O) groups is 3. The lowest BCUT2D eigenvalue weighted by Crippen LogP contribution is -2.34. The van der Waals surface area contributed by atoms with Crippen molar-refractivity contribution in [1.29, 1.82) is 0 Å². The molecule has 36 heavy (non-hydrogen) atoms. The third kappa shape index (κ3) is 6.47. The van der Waals surface area contributed by atoms with Gasteiger partial charge in [-0.05, 0) is 55.7 Å². The van der Waals surface area contributed by atoms with Crippen molar-refractivity contribution in [3.63, 3.8) is 0 Å². The summed E-state index contributed by atoms with van der Waals surface area (Å²) in [7, 11) is 0. The summed E-state index contributed by atoms with van der Waals surface area (Å²) in [6.07, 6.45) is 4.36. The van der Waals surface area contributed by atoms with Gasteiger partial charge < -0.3 is 26.2 Å². The number of rotatable bonds is 9. The van der Waals surface area contributed by atoms with Gasteiger partial charge in [-0.15, -0.1) is 0 Å². The first kappa shape index (κ1) is 24.9. The molecule has 5 N–H and O–H groups in total. The standard InChI is InChI=1S/C26H29N5O5/c27-23(32)15-36-24-10-9-18(14-28-24)22-11-20(19-3-1-2-4-21(19)31-22)25(33)29-12-16-5-7-17(8-6-16)13-30-26(34)35/h1-4,9-11,14,16-17,30H,5-8,12-13,15H2,(H2,27,32)(H,29,33)(H,34,35)/t16-,17-. The first-order valence-corrected chi connectivity index (χ1v) is 11.9. The lowest BCUT2D eigenvalue weighted by molar-refractivity contribution is -0.120. The van der Waals surface area contributed by atoms with Crippen molar-refractivity contribution in [1.82, 2.24) is 20.6 Å². The molecule has 1 aromatic carbocycles. The van der Waals surface area contributed by atoms with Gasteiger partial charge in [-0.2, -0.15) is 0 Å². The van der Waals surface area contributed by atoms with Gasteiger partial charge in [0.2, 0.25) is 5.88 Å². The number of carbonyl (C=O) groups excluding carboxylic acids is 2. The van der Waals surface area contributed by atoms with Gasteiger partial charge in [0, 0.05) is 36.3 Å². The highest BCUT2D eigenvalue weighted by Crippen LogP contribution is 2.29. The Morgan fingerprint density at radius 3 is 2.33 bits per heavy atom. The third-order valence-electron chi connectivity index (χ3n) is 6.41. The van der Waals surface area contributed by atoms with E-state index in [1.165, 1.54) is 0 Å². The van der Waals surface area contributed by atoms with E-state index in [0.29, 0.717) is 47.3 Å². The molecule has 0 aliphatic heterocycles. The fourth-order valence-corrected chi connectivity index (χ4v) is 4.48. The maximum absolute atomic E-state index is 13.2. The smallest absolute Gasteiger partial charge is 0.404 e. The molecule has 10 nitrogen and oxygen atoms in total. The summed E-state index contributed by atoms with van der Waals surface area (Å²) in [6, 6.07) is 12.6. The number of benzene rings is 1. The number of hydrogen-bond donors (Lipinski definition) is 4. The fraction of sp³-hybridized carbons (Fsp3) is 0.346. The number of fused-ring (bicyclic) bond motifs is 1. The van der Waals surface area contributed by atoms with Crippen LogP contribution in [0.25, 0.3) is 22.2 Å². The number of nitrogens with two attached hydrogens (primary N) is 1. The van der Waals surface area contributed by atoms with Gasteiger partial charge in [-0.1, -0.05) is 18.2 Å². The lowest BCUT2D eigenvalue weighted by atomic mass is 9.82. The molecular weight excluding hydrogens is 462 g/mol. The van der Waals surface area contributed by atoms with Crippen LogP contribution in [0.15, 0.2) is 48.7 Å². The van der Waals surface area contributed by atoms with Gasteiger partial charge in [0.25, 0.3) is 11.8 Å². The second-order valence-electron chi connectivity index (χ2n) is 9.00. The number of nitrogens with zero attached hydrogens (tertiary/aromatic N) is 2. The normalized spacial score (nSPS) is 17.3. The van der Waals surface area contributed by atoms with E-state index in [2.05, 4.69) is 15.6 Å². The number of para-hydroxylation sites is 1. The fourth-order valence-electron chi connectivity index (χ4n) is 4.48. The molecule has 0 atom stereocenters. The Morgan fingerprint density at radius 1 is 1.00 bits per heavy atom. The summed E-state index contributed by atoms with van der Waals surface area (Å²) < 4.78 is 5.21. The van der Waals surface area contributed by atoms with Crippen LogP contribution in [0.3, 0.4) is 0 Å². The molecule has 4 rings (SSSR count). The summed E-state index contributed by atoms with van der Waals surface area (Å²) in [5.41, 5.74) is 7.62. The van der Waals surface area contributed by atoms with Gasteiger partial charge >= 0.3 is 6.09 Å². The predicted molar refractivity (Wildman–Crippen MR) is 133 cm³/mol. The van der Waals surface area contributed by atoms with E-state index in [1.807, 2.05) is 24.3 Å². The van der Waals surface area contributed by atoms with Crippen molar-refractivity contribution in [3.05, 3.63) is 54.2 Å². The maximum Gasteiger partial charge on any atom is 0.404 e. The second kappa shape index (κ2) is 11.5. The Hall–Kier alpha value is -4.21. The van der Waals surface area contributed by atoms with Crippen molar-refractivity contribution in [3.8, 4) is 17.1 Å². The van der Waals surface area contributed by atoms with Gasteiger partial charge in [0.15, 0.2) is 6.61 Å². The Balaban J connectivity index is 1.44. The average Bonchev–Trinajstić information content (AvgIpc) is 2.89. The Kier molecular flexibility index (Phi) is 7.94. The van der Waals surface area contributed by atoms with Crippen molar-refractivity contribution in [2.75, 3.05) is 19.7 Å². The van der Waals surface area contributed by atoms with Crippen molar-refractivity contribution in [2.45, 2.75) is 25.7 Å². The highest BCUT2D eigenvalue weighted by atomic mass is 16.5. The van der Waals surface area contributed by atoms with Crippen molar-refractivity contribution < 1.29 is 24.2 Å². The Labute approximate surface area is 208 Å². The minimum absolute atomic E-state index is 0.168. The summed E-state index contributed by atoms with van der Waals surface area (Å²) in [5.74, 6) is 0.223. The Bertz CT molecular complexity index is 1240. The van der Waals surface area contributed by atoms with Gasteiger partial charge in [-0.3, -0.25) is 9.59 Å². The quantitative estimate of drug-likeness (QED) is 0.358. The average molecular weight is 492 g/mol. The zero-order chi connectivity index (χ0) is 25.5. The van der Waals surface area contributed by atoms with Crippen LogP contribution in [0, 0.1) is 11.8 Å². The molecule has 0 spiro atoms. The van der Waals surface area contributed by atoms with Gasteiger partial charge in [-0.25, -0.2) is 14.8 Å². The molecule has 2 heterocycles. The van der Waals surface area contributed by atoms with E-state index < -0.39 is 12.0 Å². The van der Waals surface area contributed by atoms with Crippen LogP contribution in [0.2, 0.25) is 0 Å². The van der Waals surface area contributed by atoms with Crippen LogP contribution in [-0.4, -0.2) is 52.7 Å². The number of pyridine rings is 2. The maximum atomic E-state index is 13.2. The highest BCUT2D eigenvalue weighted by Gasteiger charge is 2.23.